The van der Waals surface area contributed by atoms with Crippen LogP contribution in [0.5, 0.6) is 0 Å². The molecule has 2 N–H and O–H groups in total. The van der Waals surface area contributed by atoms with Crippen LogP contribution in [0.3, 0.4) is 0 Å². The second kappa shape index (κ2) is 3.93. The van der Waals surface area contributed by atoms with Gasteiger partial charge in [0.15, 0.2) is 0 Å². The first-order valence-corrected chi connectivity index (χ1v) is 5.72. The molecule has 3 heteroatoms. The maximum Gasteiger partial charge on any atom is 0.0656 e. The van der Waals surface area contributed by atoms with Crippen molar-refractivity contribution in [2.75, 3.05) is 24.2 Å². The minimum Gasteiger partial charge on any atom is -0.398 e. The molecule has 82 valence electrons. The van der Waals surface area contributed by atoms with E-state index < -0.39 is 0 Å². The monoisotopic (exact) mass is 224 g/mol. The van der Waals surface area contributed by atoms with Gasteiger partial charge in [-0.2, -0.15) is 0 Å². The van der Waals surface area contributed by atoms with Gasteiger partial charge in [-0.05, 0) is 43.4 Å². The summed E-state index contributed by atoms with van der Waals surface area (Å²) in [5, 5.41) is 0.651. The van der Waals surface area contributed by atoms with Crippen molar-refractivity contribution in [2.24, 2.45) is 5.92 Å². The Balaban J connectivity index is 2.21. The molecule has 0 radical (unpaired) electrons. The fourth-order valence-corrected chi connectivity index (χ4v) is 2.05. The molecule has 0 amide bonds. The summed E-state index contributed by atoms with van der Waals surface area (Å²) in [6.45, 7) is 3.20. The number of hydrogen-bond donors (Lipinski definition) is 1. The Bertz CT molecular complexity index is 372. The molecule has 1 aromatic carbocycles. The van der Waals surface area contributed by atoms with Crippen molar-refractivity contribution in [2.45, 2.75) is 19.8 Å². The Kier molecular flexibility index (Phi) is 2.79. The molecule has 0 aliphatic heterocycles. The van der Waals surface area contributed by atoms with Crippen molar-refractivity contribution in [3.8, 4) is 0 Å². The summed E-state index contributed by atoms with van der Waals surface area (Å²) in [6, 6.07) is 3.91. The van der Waals surface area contributed by atoms with Gasteiger partial charge in [-0.15, -0.1) is 0 Å². The molecule has 0 unspecified atom stereocenters. The molecule has 1 aromatic rings. The Morgan fingerprint density at radius 3 is 2.73 bits per heavy atom. The van der Waals surface area contributed by atoms with Crippen molar-refractivity contribution in [3.63, 3.8) is 0 Å². The molecule has 0 bridgehead atoms. The topological polar surface area (TPSA) is 29.3 Å². The fraction of sp³-hybridized carbons (Fsp3) is 0.500. The van der Waals surface area contributed by atoms with E-state index in [1.165, 1.54) is 24.1 Å². The third-order valence-electron chi connectivity index (χ3n) is 2.96. The summed E-state index contributed by atoms with van der Waals surface area (Å²) in [6.07, 6.45) is 2.73. The largest absolute Gasteiger partial charge is 0.398 e. The van der Waals surface area contributed by atoms with Crippen molar-refractivity contribution < 1.29 is 0 Å². The number of anilines is 2. The number of aryl methyl sites for hydroxylation is 1. The van der Waals surface area contributed by atoms with E-state index in [2.05, 4.69) is 18.9 Å². The van der Waals surface area contributed by atoms with E-state index in [-0.39, 0.29) is 0 Å². The molecule has 15 heavy (non-hydrogen) atoms. The van der Waals surface area contributed by atoms with Crippen LogP contribution in [0.25, 0.3) is 0 Å². The minimum atomic E-state index is 0.651. The average molecular weight is 225 g/mol. The molecule has 0 aromatic heterocycles. The fourth-order valence-electron chi connectivity index (χ4n) is 1.89. The highest BCUT2D eigenvalue weighted by atomic mass is 35.5. The summed E-state index contributed by atoms with van der Waals surface area (Å²) in [7, 11) is 2.12. The summed E-state index contributed by atoms with van der Waals surface area (Å²) in [5.41, 5.74) is 8.81. The van der Waals surface area contributed by atoms with Crippen molar-refractivity contribution in [1.82, 2.24) is 0 Å². The first-order valence-electron chi connectivity index (χ1n) is 5.34. The number of benzene rings is 1. The Morgan fingerprint density at radius 2 is 2.13 bits per heavy atom. The number of hydrogen-bond acceptors (Lipinski definition) is 2. The SMILES string of the molecule is Cc1cc(N)c(Cl)cc1N(C)CC1CC1. The van der Waals surface area contributed by atoms with Gasteiger partial charge in [0.1, 0.15) is 0 Å². The Labute approximate surface area is 96.0 Å². The van der Waals surface area contributed by atoms with Crippen molar-refractivity contribution in [1.29, 1.82) is 0 Å². The summed E-state index contributed by atoms with van der Waals surface area (Å²) >= 11 is 6.03. The lowest BCUT2D eigenvalue weighted by molar-refractivity contribution is 0.785. The molecular formula is C12H17ClN2. The second-order valence-electron chi connectivity index (χ2n) is 4.48. The van der Waals surface area contributed by atoms with E-state index in [0.717, 1.165) is 12.5 Å². The third-order valence-corrected chi connectivity index (χ3v) is 3.28. The second-order valence-corrected chi connectivity index (χ2v) is 4.89. The van der Waals surface area contributed by atoms with E-state index in [1.54, 1.807) is 0 Å². The zero-order chi connectivity index (χ0) is 11.0. The number of rotatable bonds is 3. The zero-order valence-electron chi connectivity index (χ0n) is 9.26. The molecule has 2 nitrogen and oxygen atoms in total. The normalized spacial score (nSPS) is 15.4. The molecule has 0 atom stereocenters. The predicted molar refractivity (Wildman–Crippen MR) is 66.6 cm³/mol. The maximum atomic E-state index is 6.03. The van der Waals surface area contributed by atoms with Crippen LogP contribution in [0, 0.1) is 12.8 Å². The number of nitrogen functional groups attached to an aromatic ring is 1. The number of nitrogens with two attached hydrogens (primary N) is 1. The average Bonchev–Trinajstić information content (AvgIpc) is 2.95. The van der Waals surface area contributed by atoms with Gasteiger partial charge in [-0.3, -0.25) is 0 Å². The molecule has 1 aliphatic carbocycles. The quantitative estimate of drug-likeness (QED) is 0.800. The van der Waals surface area contributed by atoms with Crippen LogP contribution in [-0.2, 0) is 0 Å². The lowest BCUT2D eigenvalue weighted by Gasteiger charge is -2.22. The van der Waals surface area contributed by atoms with E-state index >= 15 is 0 Å². The molecule has 0 saturated heterocycles. The van der Waals surface area contributed by atoms with Crippen LogP contribution in [0.4, 0.5) is 11.4 Å². The molecule has 0 spiro atoms. The first-order chi connectivity index (χ1) is 7.08. The van der Waals surface area contributed by atoms with Gasteiger partial charge in [-0.25, -0.2) is 0 Å². The summed E-state index contributed by atoms with van der Waals surface area (Å²) in [5.74, 6) is 0.880. The lowest BCUT2D eigenvalue weighted by atomic mass is 10.1. The molecule has 0 heterocycles. The highest BCUT2D eigenvalue weighted by Crippen LogP contribution is 2.33. The molecule has 1 aliphatic rings. The van der Waals surface area contributed by atoms with Crippen LogP contribution in [0.2, 0.25) is 5.02 Å². The van der Waals surface area contributed by atoms with Crippen LogP contribution in [0.15, 0.2) is 12.1 Å². The van der Waals surface area contributed by atoms with Crippen LogP contribution in [-0.4, -0.2) is 13.6 Å². The van der Waals surface area contributed by atoms with Gasteiger partial charge in [0, 0.05) is 19.3 Å². The van der Waals surface area contributed by atoms with E-state index in [9.17, 15) is 0 Å². The van der Waals surface area contributed by atoms with Gasteiger partial charge in [0.05, 0.1) is 10.7 Å². The van der Waals surface area contributed by atoms with Gasteiger partial charge in [0.25, 0.3) is 0 Å². The van der Waals surface area contributed by atoms with E-state index in [0.29, 0.717) is 10.7 Å². The maximum absolute atomic E-state index is 6.03. The highest BCUT2D eigenvalue weighted by Gasteiger charge is 2.23. The summed E-state index contributed by atoms with van der Waals surface area (Å²) in [4.78, 5) is 2.28. The van der Waals surface area contributed by atoms with Gasteiger partial charge in [-0.1, -0.05) is 11.6 Å². The zero-order valence-corrected chi connectivity index (χ0v) is 10.0. The lowest BCUT2D eigenvalue weighted by Crippen LogP contribution is -2.20. The van der Waals surface area contributed by atoms with Gasteiger partial charge in [0.2, 0.25) is 0 Å². The van der Waals surface area contributed by atoms with E-state index in [1.807, 2.05) is 12.1 Å². The molecule has 1 saturated carbocycles. The van der Waals surface area contributed by atoms with Crippen molar-refractivity contribution in [3.05, 3.63) is 22.7 Å². The predicted octanol–water partition coefficient (Wildman–Crippen LogP) is 3.08. The third kappa shape index (κ3) is 2.37. The smallest absolute Gasteiger partial charge is 0.0656 e. The minimum absolute atomic E-state index is 0.651. The molecule has 2 rings (SSSR count). The molecule has 1 fully saturated rings. The Morgan fingerprint density at radius 1 is 1.47 bits per heavy atom. The van der Waals surface area contributed by atoms with Crippen LogP contribution < -0.4 is 10.6 Å². The van der Waals surface area contributed by atoms with Crippen LogP contribution >= 0.6 is 11.6 Å². The van der Waals surface area contributed by atoms with Crippen LogP contribution in [0.1, 0.15) is 18.4 Å². The highest BCUT2D eigenvalue weighted by molar-refractivity contribution is 6.33. The standard InChI is InChI=1S/C12H17ClN2/c1-8-5-11(14)10(13)6-12(8)15(2)7-9-3-4-9/h5-6,9H,3-4,7,14H2,1-2H3. The first kappa shape index (κ1) is 10.6. The molecular weight excluding hydrogens is 208 g/mol. The van der Waals surface area contributed by atoms with Crippen molar-refractivity contribution >= 4 is 23.0 Å². The summed E-state index contributed by atoms with van der Waals surface area (Å²) < 4.78 is 0. The van der Waals surface area contributed by atoms with Gasteiger partial charge >= 0.3 is 0 Å². The number of halogens is 1. The van der Waals surface area contributed by atoms with Gasteiger partial charge < -0.3 is 10.6 Å². The number of nitrogens with zero attached hydrogens (tertiary/aromatic N) is 1. The van der Waals surface area contributed by atoms with E-state index in [4.69, 9.17) is 17.3 Å². The Hall–Kier alpha value is -0.890.